The number of hydrogen-bond acceptors (Lipinski definition) is 1. The van der Waals surface area contributed by atoms with Crippen LogP contribution in [0.4, 0.5) is 4.39 Å². The number of carbonyl (C=O) groups is 1. The fourth-order valence-electron chi connectivity index (χ4n) is 0.952. The van der Waals surface area contributed by atoms with Crippen molar-refractivity contribution in [3.8, 4) is 0 Å². The molecule has 1 N–H and O–H groups in total. The molecule has 1 aromatic carbocycles. The Morgan fingerprint density at radius 3 is 2.86 bits per heavy atom. The van der Waals surface area contributed by atoms with Gasteiger partial charge in [0.05, 0.1) is 0 Å². The van der Waals surface area contributed by atoms with Gasteiger partial charge in [0.25, 0.3) is 5.91 Å². The number of hydrogen-bond donors (Lipinski definition) is 1. The van der Waals surface area contributed by atoms with E-state index in [0.29, 0.717) is 16.6 Å². The van der Waals surface area contributed by atoms with Crippen molar-refractivity contribution in [1.29, 1.82) is 0 Å². The molecule has 0 heterocycles. The van der Waals surface area contributed by atoms with E-state index in [9.17, 15) is 9.18 Å². The Balaban J connectivity index is 2.84. The maximum absolute atomic E-state index is 12.9. The van der Waals surface area contributed by atoms with Gasteiger partial charge >= 0.3 is 0 Å². The van der Waals surface area contributed by atoms with Crippen LogP contribution >= 0.6 is 15.9 Å². The Morgan fingerprint density at radius 2 is 2.29 bits per heavy atom. The van der Waals surface area contributed by atoms with E-state index in [2.05, 4.69) is 27.8 Å². The van der Waals surface area contributed by atoms with E-state index in [1.54, 1.807) is 12.1 Å². The number of benzene rings is 1. The van der Waals surface area contributed by atoms with Crippen LogP contribution in [0.1, 0.15) is 10.4 Å². The normalized spacial score (nSPS) is 9.57. The van der Waals surface area contributed by atoms with Crippen molar-refractivity contribution in [1.82, 2.24) is 5.32 Å². The van der Waals surface area contributed by atoms with Crippen molar-refractivity contribution in [2.45, 2.75) is 0 Å². The molecular formula is C10H9BrFNO. The van der Waals surface area contributed by atoms with Gasteiger partial charge < -0.3 is 5.32 Å². The lowest BCUT2D eigenvalue weighted by Crippen LogP contribution is -2.23. The van der Waals surface area contributed by atoms with Crippen LogP contribution in [-0.4, -0.2) is 12.5 Å². The zero-order chi connectivity index (χ0) is 10.6. The lowest BCUT2D eigenvalue weighted by molar-refractivity contribution is 0.0957. The summed E-state index contributed by atoms with van der Waals surface area (Å²) in [6, 6.07) is 4.04. The molecule has 0 saturated heterocycles. The van der Waals surface area contributed by atoms with Crippen molar-refractivity contribution in [2.75, 3.05) is 6.54 Å². The van der Waals surface area contributed by atoms with Crippen LogP contribution in [-0.2, 0) is 0 Å². The lowest BCUT2D eigenvalue weighted by atomic mass is 10.2. The van der Waals surface area contributed by atoms with Gasteiger partial charge in [-0.15, -0.1) is 6.58 Å². The highest BCUT2D eigenvalue weighted by atomic mass is 79.9. The summed E-state index contributed by atoms with van der Waals surface area (Å²) in [5.41, 5.74) is 0.290. The van der Waals surface area contributed by atoms with Crippen LogP contribution in [0.3, 0.4) is 0 Å². The summed E-state index contributed by atoms with van der Waals surface area (Å²) in [5, 5.41) is 2.56. The quantitative estimate of drug-likeness (QED) is 0.829. The molecule has 0 unspecified atom stereocenters. The molecular weight excluding hydrogens is 249 g/mol. The zero-order valence-corrected chi connectivity index (χ0v) is 8.97. The van der Waals surface area contributed by atoms with Gasteiger partial charge in [-0.05, 0) is 18.2 Å². The summed E-state index contributed by atoms with van der Waals surface area (Å²) in [4.78, 5) is 11.4. The first-order valence-corrected chi connectivity index (χ1v) is 4.78. The fourth-order valence-corrected chi connectivity index (χ4v) is 1.42. The SMILES string of the molecule is C=CCNC(=O)c1cc(F)cc(Br)c1. The highest BCUT2D eigenvalue weighted by Crippen LogP contribution is 2.14. The Morgan fingerprint density at radius 1 is 1.57 bits per heavy atom. The van der Waals surface area contributed by atoms with Gasteiger partial charge in [-0.1, -0.05) is 22.0 Å². The molecule has 0 bridgehead atoms. The Labute approximate surface area is 89.9 Å². The molecule has 0 saturated carbocycles. The number of carbonyl (C=O) groups excluding carboxylic acids is 1. The highest BCUT2D eigenvalue weighted by molar-refractivity contribution is 9.10. The third-order valence-corrected chi connectivity index (χ3v) is 1.99. The van der Waals surface area contributed by atoms with Gasteiger partial charge in [0.2, 0.25) is 0 Å². The van der Waals surface area contributed by atoms with Crippen LogP contribution in [0.15, 0.2) is 35.3 Å². The largest absolute Gasteiger partial charge is 0.349 e. The molecule has 2 nitrogen and oxygen atoms in total. The van der Waals surface area contributed by atoms with Gasteiger partial charge in [0.1, 0.15) is 5.82 Å². The molecule has 0 fully saturated rings. The van der Waals surface area contributed by atoms with Gasteiger partial charge in [0, 0.05) is 16.6 Å². The zero-order valence-electron chi connectivity index (χ0n) is 7.39. The number of rotatable bonds is 3. The van der Waals surface area contributed by atoms with E-state index in [4.69, 9.17) is 0 Å². The predicted octanol–water partition coefficient (Wildman–Crippen LogP) is 2.50. The third-order valence-electron chi connectivity index (χ3n) is 1.53. The smallest absolute Gasteiger partial charge is 0.251 e. The van der Waals surface area contributed by atoms with Gasteiger partial charge in [-0.25, -0.2) is 4.39 Å². The lowest BCUT2D eigenvalue weighted by Gasteiger charge is -2.02. The first-order valence-electron chi connectivity index (χ1n) is 3.98. The van der Waals surface area contributed by atoms with Crippen molar-refractivity contribution < 1.29 is 9.18 Å². The molecule has 0 spiro atoms. The van der Waals surface area contributed by atoms with Crippen LogP contribution in [0, 0.1) is 5.82 Å². The molecule has 0 radical (unpaired) electrons. The van der Waals surface area contributed by atoms with E-state index in [1.807, 2.05) is 0 Å². The van der Waals surface area contributed by atoms with Crippen molar-refractivity contribution >= 4 is 21.8 Å². The van der Waals surface area contributed by atoms with E-state index in [-0.39, 0.29) is 5.91 Å². The van der Waals surface area contributed by atoms with Crippen LogP contribution in [0.5, 0.6) is 0 Å². The maximum Gasteiger partial charge on any atom is 0.251 e. The van der Waals surface area contributed by atoms with E-state index in [0.717, 1.165) is 0 Å². The molecule has 1 amide bonds. The van der Waals surface area contributed by atoms with Crippen molar-refractivity contribution in [3.05, 3.63) is 46.7 Å². The number of nitrogens with one attached hydrogen (secondary N) is 1. The second kappa shape index (κ2) is 4.91. The van der Waals surface area contributed by atoms with Crippen LogP contribution < -0.4 is 5.32 Å². The Kier molecular flexibility index (Phi) is 3.83. The maximum atomic E-state index is 12.9. The minimum atomic E-state index is -0.442. The summed E-state index contributed by atoms with van der Waals surface area (Å²) in [6.45, 7) is 3.83. The van der Waals surface area contributed by atoms with Crippen molar-refractivity contribution in [3.63, 3.8) is 0 Å². The standard InChI is InChI=1S/C10H9BrFNO/c1-2-3-13-10(14)7-4-8(11)6-9(12)5-7/h2,4-6H,1,3H2,(H,13,14). The minimum absolute atomic E-state index is 0.290. The second-order valence-corrected chi connectivity index (χ2v) is 3.57. The molecule has 0 atom stereocenters. The van der Waals surface area contributed by atoms with Crippen LogP contribution in [0.25, 0.3) is 0 Å². The number of amides is 1. The molecule has 14 heavy (non-hydrogen) atoms. The molecule has 0 aromatic heterocycles. The third kappa shape index (κ3) is 2.96. The molecule has 0 aliphatic heterocycles. The monoisotopic (exact) mass is 257 g/mol. The summed E-state index contributed by atoms with van der Waals surface area (Å²) in [6.07, 6.45) is 1.56. The summed E-state index contributed by atoms with van der Waals surface area (Å²) in [5.74, 6) is -0.756. The summed E-state index contributed by atoms with van der Waals surface area (Å²) in [7, 11) is 0. The molecule has 4 heteroatoms. The molecule has 0 aliphatic carbocycles. The molecule has 1 aromatic rings. The first kappa shape index (κ1) is 10.9. The fraction of sp³-hybridized carbons (Fsp3) is 0.100. The van der Waals surface area contributed by atoms with Gasteiger partial charge in [-0.3, -0.25) is 4.79 Å². The highest BCUT2D eigenvalue weighted by Gasteiger charge is 2.06. The van der Waals surface area contributed by atoms with E-state index >= 15 is 0 Å². The predicted molar refractivity (Wildman–Crippen MR) is 56.6 cm³/mol. The van der Waals surface area contributed by atoms with Gasteiger partial charge in [-0.2, -0.15) is 0 Å². The molecule has 74 valence electrons. The average molecular weight is 258 g/mol. The van der Waals surface area contributed by atoms with Crippen molar-refractivity contribution in [2.24, 2.45) is 0 Å². The average Bonchev–Trinajstić information content (AvgIpc) is 2.12. The summed E-state index contributed by atoms with van der Waals surface area (Å²) < 4.78 is 13.4. The molecule has 1 rings (SSSR count). The number of halogens is 2. The second-order valence-electron chi connectivity index (χ2n) is 2.66. The Hall–Kier alpha value is -1.16. The van der Waals surface area contributed by atoms with E-state index in [1.165, 1.54) is 12.1 Å². The Bertz CT molecular complexity index is 345. The van der Waals surface area contributed by atoms with E-state index < -0.39 is 5.82 Å². The minimum Gasteiger partial charge on any atom is -0.349 e. The first-order chi connectivity index (χ1) is 6.63. The topological polar surface area (TPSA) is 29.1 Å². The molecule has 0 aliphatic rings. The van der Waals surface area contributed by atoms with Crippen LogP contribution in [0.2, 0.25) is 0 Å². The van der Waals surface area contributed by atoms with Gasteiger partial charge in [0.15, 0.2) is 0 Å². The summed E-state index contributed by atoms with van der Waals surface area (Å²) >= 11 is 3.11.